The molecule has 0 bridgehead atoms. The third-order valence-corrected chi connectivity index (χ3v) is 5.55. The number of H-pyrrole nitrogens is 1. The molecule has 10 nitrogen and oxygen atoms in total. The Morgan fingerprint density at radius 1 is 1.34 bits per heavy atom. The Balaban J connectivity index is 0.00000241. The minimum absolute atomic E-state index is 0. The molecule has 14 heteroatoms. The van der Waals surface area contributed by atoms with E-state index in [4.69, 9.17) is 16.3 Å². The van der Waals surface area contributed by atoms with E-state index in [-0.39, 0.29) is 29.1 Å². The number of carbonyl (C=O) groups excluding carboxylic acids is 2. The number of piperazine rings is 1. The summed E-state index contributed by atoms with van der Waals surface area (Å²) in [6.07, 6.45) is -0.583. The maximum absolute atomic E-state index is 12.8. The number of nitrogens with zero attached hydrogens (tertiary/aromatic N) is 5. The molecule has 0 unspecified atom stereocenters. The summed E-state index contributed by atoms with van der Waals surface area (Å²) in [5.41, 5.74) is 1.19. The van der Waals surface area contributed by atoms with Crippen LogP contribution in [0.3, 0.4) is 0 Å². The van der Waals surface area contributed by atoms with Crippen LogP contribution in [0.5, 0.6) is 0 Å². The number of fused-ring (bicyclic) bond motifs is 1. The molecule has 1 atom stereocenters. The topological polar surface area (TPSA) is 116 Å². The average Bonchev–Trinajstić information content (AvgIpc) is 3.25. The molecule has 0 aromatic carbocycles. The number of hydrogen-bond acceptors (Lipinski definition) is 7. The van der Waals surface area contributed by atoms with Crippen molar-refractivity contribution in [1.29, 1.82) is 0 Å². The average molecular weight is 516 g/mol. The summed E-state index contributed by atoms with van der Waals surface area (Å²) in [4.78, 5) is 43.9. The van der Waals surface area contributed by atoms with Crippen LogP contribution in [0.25, 0.3) is 22.4 Å². The number of amides is 2. The van der Waals surface area contributed by atoms with Gasteiger partial charge in [0.15, 0.2) is 5.82 Å². The molecule has 0 aliphatic carbocycles. The highest BCUT2D eigenvalue weighted by atomic mass is 35.5. The number of nitrogens with one attached hydrogen (secondary N) is 2. The number of alkyl halides is 3. The van der Waals surface area contributed by atoms with Gasteiger partial charge in [0.05, 0.1) is 18.2 Å². The van der Waals surface area contributed by atoms with Crippen molar-refractivity contribution in [3.8, 4) is 11.4 Å². The van der Waals surface area contributed by atoms with Crippen molar-refractivity contribution in [1.82, 2.24) is 30.2 Å². The second kappa shape index (κ2) is 9.94. The van der Waals surface area contributed by atoms with E-state index in [1.54, 1.807) is 30.2 Å². The number of anilines is 1. The SMILES string of the molecule is CCOC(=O)N1CCN(c2ccnc(-c3c[nH]c4ncc(Cl)cc34)n2)[C@@H](C(=O)NCC(F)(F)F)C1.[HH].[HH]. The van der Waals surface area contributed by atoms with Crippen molar-refractivity contribution in [2.24, 2.45) is 0 Å². The van der Waals surface area contributed by atoms with Crippen LogP contribution in [0.15, 0.2) is 30.7 Å². The largest absolute Gasteiger partial charge is 0.450 e. The lowest BCUT2D eigenvalue weighted by Gasteiger charge is -2.40. The molecule has 1 aliphatic rings. The van der Waals surface area contributed by atoms with Gasteiger partial charge in [-0.15, -0.1) is 0 Å². The molecule has 35 heavy (non-hydrogen) atoms. The first-order chi connectivity index (χ1) is 16.7. The van der Waals surface area contributed by atoms with Crippen LogP contribution < -0.4 is 10.2 Å². The lowest BCUT2D eigenvalue weighted by Crippen LogP contribution is -2.61. The number of halogens is 4. The highest BCUT2D eigenvalue weighted by Gasteiger charge is 2.37. The number of rotatable bonds is 5. The van der Waals surface area contributed by atoms with Gasteiger partial charge < -0.3 is 24.8 Å². The molecule has 0 radical (unpaired) electrons. The van der Waals surface area contributed by atoms with Crippen LogP contribution in [0.4, 0.5) is 23.8 Å². The Morgan fingerprint density at radius 2 is 2.14 bits per heavy atom. The fourth-order valence-electron chi connectivity index (χ4n) is 3.77. The summed E-state index contributed by atoms with van der Waals surface area (Å²) in [5.74, 6) is -0.269. The summed E-state index contributed by atoms with van der Waals surface area (Å²) in [6, 6.07) is 2.13. The Morgan fingerprint density at radius 3 is 2.89 bits per heavy atom. The Bertz CT molecular complexity index is 1250. The molecule has 0 spiro atoms. The third-order valence-electron chi connectivity index (χ3n) is 5.35. The van der Waals surface area contributed by atoms with E-state index < -0.39 is 30.8 Å². The van der Waals surface area contributed by atoms with E-state index in [1.165, 1.54) is 17.3 Å². The summed E-state index contributed by atoms with van der Waals surface area (Å²) < 4.78 is 43.2. The number of ether oxygens (including phenoxy) is 1. The molecular weight excluding hydrogens is 491 g/mol. The lowest BCUT2D eigenvalue weighted by atomic mass is 10.1. The number of pyridine rings is 1. The van der Waals surface area contributed by atoms with Gasteiger partial charge in [0.1, 0.15) is 24.1 Å². The Kier molecular flexibility index (Phi) is 6.96. The normalized spacial score (nSPS) is 16.4. The predicted octanol–water partition coefficient (Wildman–Crippen LogP) is 3.49. The summed E-state index contributed by atoms with van der Waals surface area (Å²) >= 11 is 6.07. The third kappa shape index (κ3) is 5.56. The molecule has 3 aromatic heterocycles. The van der Waals surface area contributed by atoms with E-state index in [9.17, 15) is 22.8 Å². The van der Waals surface area contributed by atoms with Crippen LogP contribution >= 0.6 is 11.6 Å². The van der Waals surface area contributed by atoms with Crippen LogP contribution in [0.2, 0.25) is 5.02 Å². The van der Waals surface area contributed by atoms with Gasteiger partial charge in [-0.25, -0.2) is 19.7 Å². The van der Waals surface area contributed by atoms with Gasteiger partial charge in [0, 0.05) is 45.5 Å². The van der Waals surface area contributed by atoms with E-state index >= 15 is 0 Å². The van der Waals surface area contributed by atoms with Crippen LogP contribution in [0.1, 0.15) is 9.78 Å². The first-order valence-electron chi connectivity index (χ1n) is 10.6. The van der Waals surface area contributed by atoms with E-state index in [1.807, 2.05) is 5.32 Å². The maximum Gasteiger partial charge on any atom is 0.409 e. The van der Waals surface area contributed by atoms with Gasteiger partial charge in [0.25, 0.3) is 0 Å². The van der Waals surface area contributed by atoms with Crippen molar-refractivity contribution < 1.29 is 30.4 Å². The maximum atomic E-state index is 12.8. The molecule has 2 N–H and O–H groups in total. The minimum atomic E-state index is -4.58. The zero-order valence-corrected chi connectivity index (χ0v) is 19.2. The Hall–Kier alpha value is -3.61. The monoisotopic (exact) mass is 515 g/mol. The second-order valence-corrected chi connectivity index (χ2v) is 8.11. The molecule has 190 valence electrons. The zero-order valence-electron chi connectivity index (χ0n) is 18.5. The zero-order chi connectivity index (χ0) is 25.2. The molecule has 2 amide bonds. The van der Waals surface area contributed by atoms with Gasteiger partial charge in [-0.3, -0.25) is 4.79 Å². The van der Waals surface area contributed by atoms with Crippen molar-refractivity contribution in [2.45, 2.75) is 19.1 Å². The molecule has 1 aliphatic heterocycles. The van der Waals surface area contributed by atoms with Crippen LogP contribution in [-0.2, 0) is 9.53 Å². The number of aromatic nitrogens is 4. The van der Waals surface area contributed by atoms with Crippen LogP contribution in [0, 0.1) is 0 Å². The molecule has 3 aromatic rings. The summed E-state index contributed by atoms with van der Waals surface area (Å²) in [6.45, 7) is 0.427. The van der Waals surface area contributed by atoms with Crippen molar-refractivity contribution in [3.63, 3.8) is 0 Å². The highest BCUT2D eigenvalue weighted by Crippen LogP contribution is 2.29. The molecular formula is C21H25ClF3N7O3. The lowest BCUT2D eigenvalue weighted by molar-refractivity contribution is -0.139. The molecule has 4 rings (SSSR count). The van der Waals surface area contributed by atoms with E-state index in [0.29, 0.717) is 33.3 Å². The number of aromatic amines is 1. The van der Waals surface area contributed by atoms with Gasteiger partial charge in [0.2, 0.25) is 5.91 Å². The first-order valence-corrected chi connectivity index (χ1v) is 11.0. The minimum Gasteiger partial charge on any atom is -0.450 e. The highest BCUT2D eigenvalue weighted by molar-refractivity contribution is 6.31. The van der Waals surface area contributed by atoms with Crippen molar-refractivity contribution in [3.05, 3.63) is 35.7 Å². The predicted molar refractivity (Wildman–Crippen MR) is 125 cm³/mol. The standard InChI is InChI=1S/C21H21ClF3N7O3.2H2/c1-2-35-20(34)31-5-6-32(15(10-31)19(33)29-11-21(23,24)25)16-3-4-26-18(30-16)14-9-28-17-13(14)7-12(22)8-27-17;;/h3-4,7-9,15H,2,5-6,10-11H2,1H3,(H,27,28)(H,29,33);2*1H/t15-;;/m1../s1. The van der Waals surface area contributed by atoms with E-state index in [2.05, 4.69) is 19.9 Å². The van der Waals surface area contributed by atoms with E-state index in [0.717, 1.165) is 0 Å². The molecule has 1 saturated heterocycles. The van der Waals surface area contributed by atoms with Gasteiger partial charge in [-0.1, -0.05) is 11.6 Å². The summed E-state index contributed by atoms with van der Waals surface area (Å²) in [7, 11) is 0. The fourth-order valence-corrected chi connectivity index (χ4v) is 3.93. The summed E-state index contributed by atoms with van der Waals surface area (Å²) in [5, 5.41) is 3.00. The quantitative estimate of drug-likeness (QED) is 0.534. The van der Waals surface area contributed by atoms with Crippen molar-refractivity contribution >= 4 is 40.5 Å². The first kappa shape index (κ1) is 24.5. The fraction of sp³-hybridized carbons (Fsp3) is 0.381. The smallest absolute Gasteiger partial charge is 0.409 e. The van der Waals surface area contributed by atoms with Crippen molar-refractivity contribution in [2.75, 3.05) is 37.7 Å². The Labute approximate surface area is 205 Å². The van der Waals surface area contributed by atoms with Crippen LogP contribution in [-0.4, -0.2) is 81.8 Å². The van der Waals surface area contributed by atoms with Gasteiger partial charge >= 0.3 is 12.3 Å². The number of hydrogen-bond donors (Lipinski definition) is 2. The molecule has 4 heterocycles. The second-order valence-electron chi connectivity index (χ2n) is 7.68. The number of carbonyl (C=O) groups is 2. The molecule has 1 fully saturated rings. The molecule has 0 saturated carbocycles. The van der Waals surface area contributed by atoms with Gasteiger partial charge in [-0.2, -0.15) is 13.2 Å². The van der Waals surface area contributed by atoms with Gasteiger partial charge in [-0.05, 0) is 19.1 Å².